The molecule has 1 N–H and O–H groups in total. The summed E-state index contributed by atoms with van der Waals surface area (Å²) in [7, 11) is 0. The molecule has 0 spiro atoms. The van der Waals surface area contributed by atoms with Crippen molar-refractivity contribution in [3.8, 4) is 0 Å². The first-order valence-corrected chi connectivity index (χ1v) is 8.72. The van der Waals surface area contributed by atoms with E-state index in [1.54, 1.807) is 0 Å². The number of hydrogen-bond acceptors (Lipinski definition) is 3. The van der Waals surface area contributed by atoms with Crippen LogP contribution in [0.25, 0.3) is 0 Å². The van der Waals surface area contributed by atoms with Crippen LogP contribution in [0.3, 0.4) is 0 Å². The molecule has 2 atom stereocenters. The predicted molar refractivity (Wildman–Crippen MR) is 84.4 cm³/mol. The largest absolute Gasteiger partial charge is 0.311 e. The van der Waals surface area contributed by atoms with Gasteiger partial charge in [0.15, 0.2) is 0 Å². The van der Waals surface area contributed by atoms with E-state index >= 15 is 0 Å². The lowest BCUT2D eigenvalue weighted by atomic mass is 9.83. The van der Waals surface area contributed by atoms with Crippen LogP contribution in [-0.2, 0) is 0 Å². The van der Waals surface area contributed by atoms with Gasteiger partial charge in [-0.2, -0.15) is 11.8 Å². The summed E-state index contributed by atoms with van der Waals surface area (Å²) in [6, 6.07) is 1.34. The van der Waals surface area contributed by atoms with Crippen LogP contribution in [0, 0.1) is 11.3 Å². The maximum Gasteiger partial charge on any atom is 0.0269 e. The van der Waals surface area contributed by atoms with Gasteiger partial charge in [0.05, 0.1) is 0 Å². The molecule has 3 heteroatoms. The average Bonchev–Trinajstić information content (AvgIpc) is 2.27. The molecule has 18 heavy (non-hydrogen) atoms. The Kier molecular flexibility index (Phi) is 6.49. The van der Waals surface area contributed by atoms with Crippen molar-refractivity contribution >= 4 is 11.8 Å². The normalized spacial score (nSPS) is 26.8. The predicted octanol–water partition coefficient (Wildman–Crippen LogP) is 3.08. The molecular formula is C15H32N2S. The monoisotopic (exact) mass is 272 g/mol. The highest BCUT2D eigenvalue weighted by Gasteiger charge is 2.35. The smallest absolute Gasteiger partial charge is 0.0269 e. The van der Waals surface area contributed by atoms with Crippen molar-refractivity contribution in [3.63, 3.8) is 0 Å². The number of piperazine rings is 1. The molecule has 0 aromatic rings. The van der Waals surface area contributed by atoms with Gasteiger partial charge in [-0.15, -0.1) is 0 Å². The summed E-state index contributed by atoms with van der Waals surface area (Å²) in [6.07, 6.45) is 3.52. The molecule has 0 aliphatic carbocycles. The van der Waals surface area contributed by atoms with Gasteiger partial charge in [-0.05, 0) is 36.3 Å². The maximum atomic E-state index is 3.75. The molecule has 0 aromatic carbocycles. The van der Waals surface area contributed by atoms with E-state index in [0.717, 1.165) is 12.5 Å². The molecule has 2 nitrogen and oxygen atoms in total. The van der Waals surface area contributed by atoms with Gasteiger partial charge in [-0.25, -0.2) is 0 Å². The van der Waals surface area contributed by atoms with E-state index in [1.165, 1.54) is 25.3 Å². The van der Waals surface area contributed by atoms with E-state index in [1.807, 2.05) is 11.8 Å². The van der Waals surface area contributed by atoms with Crippen molar-refractivity contribution in [2.45, 2.75) is 53.1 Å². The Morgan fingerprint density at radius 1 is 1.33 bits per heavy atom. The SMILES string of the molecule is CSCCCN1CC(C(C)C)NCC1C(C)(C)C. The summed E-state index contributed by atoms with van der Waals surface area (Å²) in [5.41, 5.74) is 0.369. The van der Waals surface area contributed by atoms with Crippen molar-refractivity contribution in [2.24, 2.45) is 11.3 Å². The molecule has 1 rings (SSSR count). The number of rotatable bonds is 5. The van der Waals surface area contributed by atoms with Crippen LogP contribution < -0.4 is 5.32 Å². The molecule has 1 aliphatic rings. The molecule has 1 heterocycles. The third-order valence-electron chi connectivity index (χ3n) is 4.04. The van der Waals surface area contributed by atoms with Crippen molar-refractivity contribution < 1.29 is 0 Å². The third kappa shape index (κ3) is 4.75. The van der Waals surface area contributed by atoms with Crippen LogP contribution in [0.2, 0.25) is 0 Å². The van der Waals surface area contributed by atoms with Crippen molar-refractivity contribution in [1.29, 1.82) is 0 Å². The Balaban J connectivity index is 2.61. The first kappa shape index (κ1) is 16.3. The number of thioether (sulfide) groups is 1. The van der Waals surface area contributed by atoms with Crippen molar-refractivity contribution in [1.82, 2.24) is 10.2 Å². The van der Waals surface area contributed by atoms with Crippen LogP contribution in [0.4, 0.5) is 0 Å². The van der Waals surface area contributed by atoms with Crippen molar-refractivity contribution in [2.75, 3.05) is 31.6 Å². The zero-order valence-electron chi connectivity index (χ0n) is 13.1. The molecule has 0 saturated carbocycles. The average molecular weight is 273 g/mol. The first-order chi connectivity index (χ1) is 8.36. The fraction of sp³-hybridized carbons (Fsp3) is 1.00. The standard InChI is InChI=1S/C15H32N2S/c1-12(2)13-11-17(8-7-9-18-6)14(10-16-13)15(3,4)5/h12-14,16H,7-11H2,1-6H3. The summed E-state index contributed by atoms with van der Waals surface area (Å²) in [6.45, 7) is 15.4. The molecule has 0 radical (unpaired) electrons. The van der Waals surface area contributed by atoms with Gasteiger partial charge in [0.1, 0.15) is 0 Å². The molecule has 1 saturated heterocycles. The molecule has 108 valence electrons. The minimum Gasteiger partial charge on any atom is -0.311 e. The maximum absolute atomic E-state index is 3.75. The van der Waals surface area contributed by atoms with Gasteiger partial charge in [0.25, 0.3) is 0 Å². The fourth-order valence-corrected chi connectivity index (χ4v) is 3.21. The summed E-state index contributed by atoms with van der Waals surface area (Å²) in [5, 5.41) is 3.75. The van der Waals surface area contributed by atoms with E-state index in [0.29, 0.717) is 17.5 Å². The molecule has 2 unspecified atom stereocenters. The Morgan fingerprint density at radius 2 is 2.00 bits per heavy atom. The minimum absolute atomic E-state index is 0.369. The lowest BCUT2D eigenvalue weighted by molar-refractivity contribution is 0.0466. The summed E-state index contributed by atoms with van der Waals surface area (Å²) < 4.78 is 0. The highest BCUT2D eigenvalue weighted by atomic mass is 32.2. The van der Waals surface area contributed by atoms with Crippen LogP contribution in [-0.4, -0.2) is 48.6 Å². The second-order valence-electron chi connectivity index (χ2n) is 6.98. The topological polar surface area (TPSA) is 15.3 Å². The molecule has 0 bridgehead atoms. The first-order valence-electron chi connectivity index (χ1n) is 7.32. The van der Waals surface area contributed by atoms with Gasteiger partial charge in [-0.1, -0.05) is 34.6 Å². The second kappa shape index (κ2) is 7.16. The van der Waals surface area contributed by atoms with Gasteiger partial charge in [0.2, 0.25) is 0 Å². The zero-order valence-corrected chi connectivity index (χ0v) is 13.9. The summed E-state index contributed by atoms with van der Waals surface area (Å²) in [5.74, 6) is 2.02. The quantitative estimate of drug-likeness (QED) is 0.774. The number of hydrogen-bond donors (Lipinski definition) is 1. The van der Waals surface area contributed by atoms with Gasteiger partial charge < -0.3 is 5.32 Å². The molecule has 0 amide bonds. The molecule has 0 aromatic heterocycles. The highest BCUT2D eigenvalue weighted by molar-refractivity contribution is 7.98. The van der Waals surface area contributed by atoms with Crippen LogP contribution in [0.5, 0.6) is 0 Å². The van der Waals surface area contributed by atoms with Crippen LogP contribution >= 0.6 is 11.8 Å². The Morgan fingerprint density at radius 3 is 2.50 bits per heavy atom. The van der Waals surface area contributed by atoms with E-state index in [4.69, 9.17) is 0 Å². The van der Waals surface area contributed by atoms with Gasteiger partial charge in [0, 0.05) is 25.2 Å². The van der Waals surface area contributed by atoms with E-state index in [2.05, 4.69) is 51.1 Å². The van der Waals surface area contributed by atoms with Gasteiger partial charge >= 0.3 is 0 Å². The lowest BCUT2D eigenvalue weighted by Crippen LogP contribution is -2.61. The summed E-state index contributed by atoms with van der Waals surface area (Å²) in [4.78, 5) is 2.73. The molecular weight excluding hydrogens is 240 g/mol. The lowest BCUT2D eigenvalue weighted by Gasteiger charge is -2.47. The van der Waals surface area contributed by atoms with E-state index < -0.39 is 0 Å². The van der Waals surface area contributed by atoms with Crippen molar-refractivity contribution in [3.05, 3.63) is 0 Å². The Bertz CT molecular complexity index is 235. The highest BCUT2D eigenvalue weighted by Crippen LogP contribution is 2.27. The Labute approximate surface area is 118 Å². The minimum atomic E-state index is 0.369. The van der Waals surface area contributed by atoms with Gasteiger partial charge in [-0.3, -0.25) is 4.90 Å². The third-order valence-corrected chi connectivity index (χ3v) is 4.74. The summed E-state index contributed by atoms with van der Waals surface area (Å²) >= 11 is 1.96. The molecule has 1 fully saturated rings. The Hall–Kier alpha value is 0.270. The fourth-order valence-electron chi connectivity index (χ4n) is 2.80. The van der Waals surface area contributed by atoms with Crippen LogP contribution in [0.15, 0.2) is 0 Å². The van der Waals surface area contributed by atoms with E-state index in [-0.39, 0.29) is 0 Å². The number of nitrogens with one attached hydrogen (secondary N) is 1. The number of nitrogens with zero attached hydrogens (tertiary/aromatic N) is 1. The van der Waals surface area contributed by atoms with E-state index in [9.17, 15) is 0 Å². The van der Waals surface area contributed by atoms with Crippen LogP contribution in [0.1, 0.15) is 41.0 Å². The zero-order chi connectivity index (χ0) is 13.8. The molecule has 1 aliphatic heterocycles. The second-order valence-corrected chi connectivity index (χ2v) is 7.97.